The van der Waals surface area contributed by atoms with Gasteiger partial charge in [0, 0.05) is 16.3 Å². The molecular weight excluding hydrogens is 477 g/mol. The van der Waals surface area contributed by atoms with Gasteiger partial charge in [0.1, 0.15) is 16.5 Å². The highest BCUT2D eigenvalue weighted by atomic mass is 35.5. The molecule has 9 heteroatoms. The average molecular weight is 496 g/mol. The van der Waals surface area contributed by atoms with Crippen molar-refractivity contribution in [3.8, 4) is 5.75 Å². The molecule has 34 heavy (non-hydrogen) atoms. The minimum atomic E-state index is -0.667. The summed E-state index contributed by atoms with van der Waals surface area (Å²) in [5, 5.41) is 5.86. The van der Waals surface area contributed by atoms with Crippen LogP contribution in [0.15, 0.2) is 77.5 Å². The number of nitrogens with zero attached hydrogens (tertiary/aromatic N) is 1. The van der Waals surface area contributed by atoms with Crippen LogP contribution in [0.4, 0.5) is 17.1 Å². The highest BCUT2D eigenvalue weighted by Gasteiger charge is 2.39. The maximum absolute atomic E-state index is 13.0. The molecule has 0 radical (unpaired) electrons. The molecule has 0 fully saturated rings. The van der Waals surface area contributed by atoms with E-state index >= 15 is 0 Å². The summed E-state index contributed by atoms with van der Waals surface area (Å²) in [6.07, 6.45) is 0. The second kappa shape index (κ2) is 9.59. The van der Waals surface area contributed by atoms with Crippen molar-refractivity contribution in [1.29, 1.82) is 0 Å². The van der Waals surface area contributed by atoms with Crippen molar-refractivity contribution in [3.05, 3.63) is 93.6 Å². The number of nitrogens with one attached hydrogen (secondary N) is 2. The molecule has 7 nitrogen and oxygen atoms in total. The fourth-order valence-electron chi connectivity index (χ4n) is 3.44. The maximum Gasteiger partial charge on any atom is 0.283 e. The van der Waals surface area contributed by atoms with Crippen molar-refractivity contribution in [2.24, 2.45) is 0 Å². The molecule has 0 unspecified atom stereocenters. The molecule has 3 aromatic rings. The van der Waals surface area contributed by atoms with Crippen LogP contribution in [0, 0.1) is 6.92 Å². The number of hydrogen-bond donors (Lipinski definition) is 2. The Hall–Kier alpha value is -3.81. The first-order valence-electron chi connectivity index (χ1n) is 10.2. The summed E-state index contributed by atoms with van der Waals surface area (Å²) in [5.41, 5.74) is 2.27. The zero-order valence-electron chi connectivity index (χ0n) is 18.2. The SMILES string of the molecule is COc1ccccc1NC(=O)c1ccc(C)c(NC2=C(Cl)C(=O)N(c3cccc(Cl)c3)C2=O)c1. The van der Waals surface area contributed by atoms with Gasteiger partial charge in [-0.15, -0.1) is 0 Å². The highest BCUT2D eigenvalue weighted by molar-refractivity contribution is 6.53. The summed E-state index contributed by atoms with van der Waals surface area (Å²) in [4.78, 5) is 39.6. The average Bonchev–Trinajstić information content (AvgIpc) is 3.03. The molecule has 3 aromatic carbocycles. The van der Waals surface area contributed by atoms with Crippen LogP contribution in [0.1, 0.15) is 15.9 Å². The van der Waals surface area contributed by atoms with Crippen LogP contribution in [0.3, 0.4) is 0 Å². The first-order valence-corrected chi connectivity index (χ1v) is 10.9. The van der Waals surface area contributed by atoms with E-state index in [1.54, 1.807) is 67.6 Å². The molecular formula is C25H19Cl2N3O4. The summed E-state index contributed by atoms with van der Waals surface area (Å²) in [7, 11) is 1.52. The smallest absolute Gasteiger partial charge is 0.283 e. The molecule has 1 heterocycles. The van der Waals surface area contributed by atoms with Gasteiger partial charge in [-0.25, -0.2) is 4.90 Å². The van der Waals surface area contributed by atoms with E-state index in [4.69, 9.17) is 27.9 Å². The Morgan fingerprint density at radius 3 is 2.41 bits per heavy atom. The van der Waals surface area contributed by atoms with E-state index in [2.05, 4.69) is 10.6 Å². The second-order valence-electron chi connectivity index (χ2n) is 7.42. The number of methoxy groups -OCH3 is 1. The first-order chi connectivity index (χ1) is 16.3. The Morgan fingerprint density at radius 2 is 1.68 bits per heavy atom. The fourth-order valence-corrected chi connectivity index (χ4v) is 3.83. The van der Waals surface area contributed by atoms with Crippen molar-refractivity contribution in [3.63, 3.8) is 0 Å². The van der Waals surface area contributed by atoms with Gasteiger partial charge in [0.2, 0.25) is 0 Å². The first kappa shape index (κ1) is 23.4. The molecule has 1 aliphatic heterocycles. The van der Waals surface area contributed by atoms with E-state index in [-0.39, 0.29) is 16.6 Å². The molecule has 0 atom stereocenters. The summed E-state index contributed by atoms with van der Waals surface area (Å²) < 4.78 is 5.27. The Balaban J connectivity index is 1.59. The number of para-hydroxylation sites is 2. The number of halogens is 2. The number of amides is 3. The third-order valence-electron chi connectivity index (χ3n) is 5.21. The zero-order valence-corrected chi connectivity index (χ0v) is 19.7. The van der Waals surface area contributed by atoms with Gasteiger partial charge < -0.3 is 15.4 Å². The van der Waals surface area contributed by atoms with E-state index < -0.39 is 11.8 Å². The van der Waals surface area contributed by atoms with E-state index in [0.29, 0.717) is 33.4 Å². The highest BCUT2D eigenvalue weighted by Crippen LogP contribution is 2.32. The molecule has 0 aliphatic carbocycles. The van der Waals surface area contributed by atoms with Gasteiger partial charge in [-0.3, -0.25) is 14.4 Å². The molecule has 3 amide bonds. The maximum atomic E-state index is 13.0. The van der Waals surface area contributed by atoms with E-state index in [1.165, 1.54) is 13.2 Å². The molecule has 0 bridgehead atoms. The monoisotopic (exact) mass is 495 g/mol. The number of hydrogen-bond acceptors (Lipinski definition) is 5. The largest absolute Gasteiger partial charge is 0.495 e. The van der Waals surface area contributed by atoms with Crippen LogP contribution < -0.4 is 20.3 Å². The number of anilines is 3. The number of carbonyl (C=O) groups is 3. The lowest BCUT2D eigenvalue weighted by atomic mass is 10.1. The minimum Gasteiger partial charge on any atom is -0.495 e. The Kier molecular flexibility index (Phi) is 6.58. The molecule has 2 N–H and O–H groups in total. The minimum absolute atomic E-state index is 0.0861. The molecule has 4 rings (SSSR count). The van der Waals surface area contributed by atoms with Gasteiger partial charge in [-0.2, -0.15) is 0 Å². The number of benzene rings is 3. The Morgan fingerprint density at radius 1 is 0.912 bits per heavy atom. The number of imide groups is 1. The number of rotatable bonds is 6. The van der Waals surface area contributed by atoms with Gasteiger partial charge >= 0.3 is 0 Å². The fraction of sp³-hybridized carbons (Fsp3) is 0.0800. The summed E-state index contributed by atoms with van der Waals surface area (Å²) >= 11 is 12.2. The number of aryl methyl sites for hydroxylation is 1. The molecule has 0 spiro atoms. The van der Waals surface area contributed by atoms with Crippen molar-refractivity contribution in [2.75, 3.05) is 22.6 Å². The standard InChI is InChI=1S/C25H19Cl2N3O4/c1-14-10-11-15(23(31)29-18-8-3-4-9-20(18)34-2)12-19(14)28-22-21(27)24(32)30(25(22)33)17-7-5-6-16(26)13-17/h3-13,28H,1-2H3,(H,29,31). The quantitative estimate of drug-likeness (QED) is 0.450. The van der Waals surface area contributed by atoms with Crippen molar-refractivity contribution < 1.29 is 19.1 Å². The Labute approximate surface area is 205 Å². The van der Waals surface area contributed by atoms with Gasteiger partial charge in [0.25, 0.3) is 17.7 Å². The molecule has 0 saturated heterocycles. The zero-order chi connectivity index (χ0) is 24.4. The Bertz CT molecular complexity index is 1350. The third-order valence-corrected chi connectivity index (χ3v) is 5.79. The van der Waals surface area contributed by atoms with Crippen LogP contribution in [-0.4, -0.2) is 24.8 Å². The van der Waals surface area contributed by atoms with Crippen LogP contribution in [-0.2, 0) is 9.59 Å². The second-order valence-corrected chi connectivity index (χ2v) is 8.24. The number of carbonyl (C=O) groups excluding carboxylic acids is 3. The van der Waals surface area contributed by atoms with Crippen molar-refractivity contribution in [1.82, 2.24) is 0 Å². The summed E-state index contributed by atoms with van der Waals surface area (Å²) in [6, 6.07) is 18.3. The topological polar surface area (TPSA) is 87.7 Å². The van der Waals surface area contributed by atoms with E-state index in [1.807, 2.05) is 0 Å². The lowest BCUT2D eigenvalue weighted by molar-refractivity contribution is -0.120. The molecule has 0 aromatic heterocycles. The molecule has 1 aliphatic rings. The summed E-state index contributed by atoms with van der Waals surface area (Å²) in [5.74, 6) is -1.14. The van der Waals surface area contributed by atoms with Crippen LogP contribution in [0.5, 0.6) is 5.75 Å². The van der Waals surface area contributed by atoms with E-state index in [0.717, 1.165) is 10.5 Å². The van der Waals surface area contributed by atoms with Crippen molar-refractivity contribution >= 4 is 58.0 Å². The van der Waals surface area contributed by atoms with Crippen LogP contribution in [0.2, 0.25) is 5.02 Å². The lowest BCUT2D eigenvalue weighted by Crippen LogP contribution is -2.32. The van der Waals surface area contributed by atoms with Crippen LogP contribution in [0.25, 0.3) is 0 Å². The van der Waals surface area contributed by atoms with Gasteiger partial charge in [-0.05, 0) is 55.0 Å². The predicted molar refractivity (Wildman–Crippen MR) is 133 cm³/mol. The summed E-state index contributed by atoms with van der Waals surface area (Å²) in [6.45, 7) is 1.80. The van der Waals surface area contributed by atoms with E-state index in [9.17, 15) is 14.4 Å². The molecule has 172 valence electrons. The van der Waals surface area contributed by atoms with Gasteiger partial charge in [-0.1, -0.05) is 47.5 Å². The predicted octanol–water partition coefficient (Wildman–Crippen LogP) is 5.35. The van der Waals surface area contributed by atoms with Crippen LogP contribution >= 0.6 is 23.2 Å². The van der Waals surface area contributed by atoms with Gasteiger partial charge in [0.05, 0.1) is 18.5 Å². The lowest BCUT2D eigenvalue weighted by Gasteiger charge is -2.16. The molecule has 0 saturated carbocycles. The normalized spacial score (nSPS) is 13.4. The third kappa shape index (κ3) is 4.48. The number of ether oxygens (including phenoxy) is 1. The van der Waals surface area contributed by atoms with Crippen molar-refractivity contribution in [2.45, 2.75) is 6.92 Å². The van der Waals surface area contributed by atoms with Gasteiger partial charge in [0.15, 0.2) is 0 Å².